The fraction of sp³-hybridized carbons (Fsp3) is 0.519. The number of para-hydroxylation sites is 2. The van der Waals surface area contributed by atoms with Crippen molar-refractivity contribution < 1.29 is 36.3 Å². The molecule has 0 saturated carbocycles. The molecule has 2 aromatic rings. The molecular formula is C27H36INO8. The first kappa shape index (κ1) is 29.8. The van der Waals surface area contributed by atoms with Crippen LogP contribution in [0.15, 0.2) is 48.5 Å². The molecule has 0 aliphatic carbocycles. The van der Waals surface area contributed by atoms with Gasteiger partial charge in [0.05, 0.1) is 39.6 Å². The van der Waals surface area contributed by atoms with Crippen molar-refractivity contribution in [1.29, 1.82) is 0 Å². The van der Waals surface area contributed by atoms with E-state index in [9.17, 15) is 4.79 Å². The van der Waals surface area contributed by atoms with E-state index in [1.54, 1.807) is 7.11 Å². The zero-order valence-electron chi connectivity index (χ0n) is 21.5. The predicted molar refractivity (Wildman–Crippen MR) is 146 cm³/mol. The first-order valence-electron chi connectivity index (χ1n) is 12.5. The minimum Gasteiger partial charge on any atom is -0.462 e. The van der Waals surface area contributed by atoms with Gasteiger partial charge in [0.15, 0.2) is 0 Å². The second-order valence-electron chi connectivity index (χ2n) is 8.22. The molecule has 0 spiro atoms. The summed E-state index contributed by atoms with van der Waals surface area (Å²) in [6.07, 6.45) is 0. The highest BCUT2D eigenvalue weighted by molar-refractivity contribution is 14.1. The third kappa shape index (κ3) is 8.09. The highest BCUT2D eigenvalue weighted by Crippen LogP contribution is 2.49. The van der Waals surface area contributed by atoms with E-state index in [4.69, 9.17) is 31.5 Å². The average molecular weight is 629 g/mol. The second-order valence-corrected chi connectivity index (χ2v) is 8.84. The van der Waals surface area contributed by atoms with Crippen LogP contribution >= 0.6 is 23.0 Å². The Balaban J connectivity index is 1.68. The summed E-state index contributed by atoms with van der Waals surface area (Å²) in [4.78, 5) is 15.9. The molecule has 0 N–H and O–H groups in total. The molecule has 37 heavy (non-hydrogen) atoms. The molecule has 0 aromatic heterocycles. The molecule has 0 saturated heterocycles. The van der Waals surface area contributed by atoms with Gasteiger partial charge in [0.2, 0.25) is 5.60 Å². The van der Waals surface area contributed by atoms with Crippen molar-refractivity contribution in [2.75, 3.05) is 79.6 Å². The number of methoxy groups -OCH3 is 1. The lowest BCUT2D eigenvalue weighted by atomic mass is 9.83. The van der Waals surface area contributed by atoms with Crippen molar-refractivity contribution in [2.45, 2.75) is 12.5 Å². The molecular weight excluding hydrogens is 593 g/mol. The topological polar surface area (TPSA) is 84.9 Å². The lowest BCUT2D eigenvalue weighted by molar-refractivity contribution is -0.169. The smallest absolute Gasteiger partial charge is 0.348 e. The van der Waals surface area contributed by atoms with E-state index in [1.165, 1.54) is 0 Å². The maximum Gasteiger partial charge on any atom is 0.348 e. The fourth-order valence-corrected chi connectivity index (χ4v) is 4.32. The summed E-state index contributed by atoms with van der Waals surface area (Å²) in [7, 11) is 1.64. The molecule has 0 bridgehead atoms. The van der Waals surface area contributed by atoms with Crippen molar-refractivity contribution >= 4 is 29.0 Å². The third-order valence-electron chi connectivity index (χ3n) is 5.88. The molecule has 0 unspecified atom stereocenters. The van der Waals surface area contributed by atoms with Gasteiger partial charge in [0.25, 0.3) is 0 Å². The molecule has 0 fully saturated rings. The average Bonchev–Trinajstić information content (AvgIpc) is 2.92. The minimum atomic E-state index is -1.41. The molecule has 1 heterocycles. The molecule has 2 aromatic carbocycles. The number of ether oxygens (including phenoxy) is 6. The standard InChI is InChI=1S/C27H36INO8/c1-3-35-27(22-8-4-6-10-24(22)37-25-11-7-5-9-23(25)27)26(30)34-17-14-29(12-15-32-19-18-31-2)13-16-33-20-21-36-28/h4-11H,3,12-21H2,1-2H3. The number of hydrogen-bond donors (Lipinski definition) is 0. The van der Waals surface area contributed by atoms with E-state index in [2.05, 4.69) is 4.90 Å². The van der Waals surface area contributed by atoms with Gasteiger partial charge in [-0.05, 0) is 19.1 Å². The van der Waals surface area contributed by atoms with Gasteiger partial charge in [-0.25, -0.2) is 4.79 Å². The van der Waals surface area contributed by atoms with Crippen LogP contribution in [0, 0.1) is 0 Å². The van der Waals surface area contributed by atoms with Crippen LogP contribution in [0.2, 0.25) is 0 Å². The van der Waals surface area contributed by atoms with E-state index >= 15 is 0 Å². The normalized spacial score (nSPS) is 13.6. The van der Waals surface area contributed by atoms with Crippen LogP contribution < -0.4 is 4.74 Å². The van der Waals surface area contributed by atoms with Crippen LogP contribution in [0.4, 0.5) is 0 Å². The SMILES string of the molecule is CCOC1(C(=O)OCCN(CCOCCOC)CCOCCOI)c2ccccc2Oc2ccccc21. The number of nitrogens with zero attached hydrogens (tertiary/aromatic N) is 1. The van der Waals surface area contributed by atoms with Gasteiger partial charge in [-0.2, -0.15) is 0 Å². The number of halogens is 1. The van der Waals surface area contributed by atoms with Crippen LogP contribution in [0.3, 0.4) is 0 Å². The fourth-order valence-electron chi connectivity index (χ4n) is 4.14. The van der Waals surface area contributed by atoms with E-state index in [0.29, 0.717) is 88.5 Å². The monoisotopic (exact) mass is 629 g/mol. The maximum absolute atomic E-state index is 13.8. The van der Waals surface area contributed by atoms with Gasteiger partial charge >= 0.3 is 5.97 Å². The summed E-state index contributed by atoms with van der Waals surface area (Å²) in [6, 6.07) is 14.8. The van der Waals surface area contributed by atoms with Crippen molar-refractivity contribution in [3.63, 3.8) is 0 Å². The van der Waals surface area contributed by atoms with Crippen LogP contribution in [-0.4, -0.2) is 90.5 Å². The van der Waals surface area contributed by atoms with Gasteiger partial charge in [0, 0.05) is 44.5 Å². The van der Waals surface area contributed by atoms with Gasteiger partial charge in [0.1, 0.15) is 41.1 Å². The van der Waals surface area contributed by atoms with Gasteiger partial charge in [-0.1, -0.05) is 36.4 Å². The molecule has 204 valence electrons. The molecule has 1 aliphatic rings. The molecule has 3 rings (SSSR count). The molecule has 0 atom stereocenters. The Labute approximate surface area is 232 Å². The molecule has 1 aliphatic heterocycles. The summed E-state index contributed by atoms with van der Waals surface area (Å²) in [6.45, 7) is 7.43. The summed E-state index contributed by atoms with van der Waals surface area (Å²) in [5, 5.41) is 0. The second kappa shape index (κ2) is 16.2. The van der Waals surface area contributed by atoms with Crippen molar-refractivity contribution in [3.05, 3.63) is 59.7 Å². The molecule has 0 amide bonds. The minimum absolute atomic E-state index is 0.188. The Hall–Kier alpha value is -1.80. The Morgan fingerprint density at radius 2 is 1.41 bits per heavy atom. The summed E-state index contributed by atoms with van der Waals surface area (Å²) < 4.78 is 39.5. The van der Waals surface area contributed by atoms with Crippen LogP contribution in [-0.2, 0) is 37.1 Å². The number of rotatable bonds is 18. The van der Waals surface area contributed by atoms with Crippen LogP contribution in [0.5, 0.6) is 11.5 Å². The Bertz CT molecular complexity index is 900. The van der Waals surface area contributed by atoms with Crippen molar-refractivity contribution in [1.82, 2.24) is 4.90 Å². The highest BCUT2D eigenvalue weighted by atomic mass is 127. The van der Waals surface area contributed by atoms with Crippen LogP contribution in [0.25, 0.3) is 0 Å². The van der Waals surface area contributed by atoms with Crippen molar-refractivity contribution in [3.8, 4) is 11.5 Å². The van der Waals surface area contributed by atoms with E-state index in [1.807, 2.05) is 78.5 Å². The van der Waals surface area contributed by atoms with Crippen LogP contribution in [0.1, 0.15) is 18.1 Å². The van der Waals surface area contributed by atoms with Gasteiger partial charge in [-0.15, -0.1) is 0 Å². The lowest BCUT2D eigenvalue weighted by Gasteiger charge is -2.37. The number of esters is 1. The third-order valence-corrected chi connectivity index (χ3v) is 6.32. The van der Waals surface area contributed by atoms with Gasteiger partial charge in [-0.3, -0.25) is 4.90 Å². The lowest BCUT2D eigenvalue weighted by Crippen LogP contribution is -2.44. The van der Waals surface area contributed by atoms with E-state index < -0.39 is 11.6 Å². The Morgan fingerprint density at radius 1 is 0.838 bits per heavy atom. The first-order chi connectivity index (χ1) is 18.2. The highest BCUT2D eigenvalue weighted by Gasteiger charge is 2.51. The first-order valence-corrected chi connectivity index (χ1v) is 13.3. The predicted octanol–water partition coefficient (Wildman–Crippen LogP) is 3.96. The quantitative estimate of drug-likeness (QED) is 0.138. The molecule has 0 radical (unpaired) electrons. The number of benzene rings is 2. The van der Waals surface area contributed by atoms with E-state index in [0.717, 1.165) is 0 Å². The summed E-state index contributed by atoms with van der Waals surface area (Å²) in [5.41, 5.74) is -0.138. The zero-order chi connectivity index (χ0) is 26.3. The Morgan fingerprint density at radius 3 is 1.97 bits per heavy atom. The molecule has 9 nitrogen and oxygen atoms in total. The largest absolute Gasteiger partial charge is 0.462 e. The van der Waals surface area contributed by atoms with E-state index in [-0.39, 0.29) is 6.61 Å². The summed E-state index contributed by atoms with van der Waals surface area (Å²) in [5.74, 6) is 0.687. The van der Waals surface area contributed by atoms with Gasteiger partial charge < -0.3 is 31.5 Å². The Kier molecular flexibility index (Phi) is 13.0. The molecule has 10 heteroatoms. The summed E-state index contributed by atoms with van der Waals surface area (Å²) >= 11 is 1.85. The number of carbonyl (C=O) groups excluding carboxylic acids is 1. The number of hydrogen-bond acceptors (Lipinski definition) is 9. The number of fused-ring (bicyclic) bond motifs is 2. The number of carbonyl (C=O) groups is 1. The van der Waals surface area contributed by atoms with Crippen molar-refractivity contribution in [2.24, 2.45) is 0 Å². The maximum atomic E-state index is 13.8. The zero-order valence-corrected chi connectivity index (χ0v) is 23.6.